The number of hydrogen-bond donors (Lipinski definition) is 1. The summed E-state index contributed by atoms with van der Waals surface area (Å²) in [6.45, 7) is 1.40. The van der Waals surface area contributed by atoms with Crippen molar-refractivity contribution in [2.24, 2.45) is 0 Å². The molecule has 140 valence electrons. The van der Waals surface area contributed by atoms with Crippen LogP contribution in [-0.4, -0.2) is 59.6 Å². The van der Waals surface area contributed by atoms with Crippen LogP contribution in [0.2, 0.25) is 0 Å². The Hall–Kier alpha value is -2.13. The molecule has 1 fully saturated rings. The van der Waals surface area contributed by atoms with Crippen molar-refractivity contribution in [3.05, 3.63) is 29.8 Å². The van der Waals surface area contributed by atoms with Gasteiger partial charge < -0.3 is 19.7 Å². The predicted octanol–water partition coefficient (Wildman–Crippen LogP) is 2.07. The minimum atomic E-state index is -0.565. The van der Waals surface area contributed by atoms with Gasteiger partial charge >= 0.3 is 11.9 Å². The third-order valence-electron chi connectivity index (χ3n) is 3.65. The topological polar surface area (TPSA) is 84.9 Å². The quantitative estimate of drug-likeness (QED) is 0.578. The molecule has 1 aromatic rings. The molecular weight excluding hydrogens is 376 g/mol. The first-order chi connectivity index (χ1) is 12.5. The van der Waals surface area contributed by atoms with Gasteiger partial charge in [-0.2, -0.15) is 0 Å². The lowest BCUT2D eigenvalue weighted by molar-refractivity contribution is -0.144. The molecule has 7 nitrogen and oxygen atoms in total. The second-order valence-electron chi connectivity index (χ2n) is 5.49. The summed E-state index contributed by atoms with van der Waals surface area (Å²) in [5.41, 5.74) is 0.520. The molecule has 1 saturated heterocycles. The second kappa shape index (κ2) is 10.1. The summed E-state index contributed by atoms with van der Waals surface area (Å²) in [5, 5.41) is 2.53. The highest BCUT2D eigenvalue weighted by molar-refractivity contribution is 8.23. The summed E-state index contributed by atoms with van der Waals surface area (Å²) in [4.78, 5) is 37.4. The first kappa shape index (κ1) is 20.2. The van der Waals surface area contributed by atoms with Crippen LogP contribution < -0.4 is 5.32 Å². The zero-order chi connectivity index (χ0) is 18.9. The number of thiocarbonyl (C=S) groups is 1. The van der Waals surface area contributed by atoms with Crippen LogP contribution in [0.3, 0.4) is 0 Å². The summed E-state index contributed by atoms with van der Waals surface area (Å²) in [5.74, 6) is -1.57. The molecule has 1 aromatic carbocycles. The SMILES string of the molecule is COC(=O)c1ccccc1NC(=O)COC(=O)CSC(=S)N1CCCC1. The van der Waals surface area contributed by atoms with Gasteiger partial charge in [0.1, 0.15) is 4.32 Å². The van der Waals surface area contributed by atoms with E-state index in [0.29, 0.717) is 10.0 Å². The van der Waals surface area contributed by atoms with Crippen LogP contribution in [0.25, 0.3) is 0 Å². The standard InChI is InChI=1S/C17H20N2O5S2/c1-23-16(22)12-6-2-3-7-13(12)18-14(20)10-24-15(21)11-26-17(25)19-8-4-5-9-19/h2-3,6-7H,4-5,8-11H2,1H3,(H,18,20). The highest BCUT2D eigenvalue weighted by Crippen LogP contribution is 2.17. The molecular formula is C17H20N2O5S2. The van der Waals surface area contributed by atoms with Crippen LogP contribution in [0.1, 0.15) is 23.2 Å². The molecule has 1 aliphatic heterocycles. The summed E-state index contributed by atoms with van der Waals surface area (Å²) in [6.07, 6.45) is 2.22. The monoisotopic (exact) mass is 396 g/mol. The second-order valence-corrected chi connectivity index (χ2v) is 7.10. The molecule has 0 radical (unpaired) electrons. The number of nitrogens with one attached hydrogen (secondary N) is 1. The van der Waals surface area contributed by atoms with E-state index < -0.39 is 24.5 Å². The van der Waals surface area contributed by atoms with E-state index in [1.807, 2.05) is 0 Å². The normalized spacial score (nSPS) is 13.2. The van der Waals surface area contributed by atoms with E-state index in [4.69, 9.17) is 17.0 Å². The van der Waals surface area contributed by atoms with Gasteiger partial charge in [-0.3, -0.25) is 9.59 Å². The first-order valence-electron chi connectivity index (χ1n) is 8.05. The Balaban J connectivity index is 1.75. The zero-order valence-electron chi connectivity index (χ0n) is 14.4. The van der Waals surface area contributed by atoms with Gasteiger partial charge in [0, 0.05) is 13.1 Å². The van der Waals surface area contributed by atoms with E-state index in [-0.39, 0.29) is 11.3 Å². The van der Waals surface area contributed by atoms with Gasteiger partial charge in [-0.05, 0) is 25.0 Å². The van der Waals surface area contributed by atoms with E-state index in [0.717, 1.165) is 25.9 Å². The van der Waals surface area contributed by atoms with Crippen LogP contribution >= 0.6 is 24.0 Å². The van der Waals surface area contributed by atoms with Gasteiger partial charge in [0.25, 0.3) is 5.91 Å². The van der Waals surface area contributed by atoms with E-state index >= 15 is 0 Å². The number of hydrogen-bond acceptors (Lipinski definition) is 7. The average molecular weight is 396 g/mol. The predicted molar refractivity (Wildman–Crippen MR) is 103 cm³/mol. The maximum atomic E-state index is 11.9. The van der Waals surface area contributed by atoms with E-state index in [2.05, 4.69) is 15.0 Å². The number of likely N-dealkylation sites (tertiary alicyclic amines) is 1. The lowest BCUT2D eigenvalue weighted by Crippen LogP contribution is -2.26. The number of carbonyl (C=O) groups excluding carboxylic acids is 3. The van der Waals surface area contributed by atoms with Crippen molar-refractivity contribution in [1.82, 2.24) is 4.90 Å². The fourth-order valence-electron chi connectivity index (χ4n) is 2.37. The zero-order valence-corrected chi connectivity index (χ0v) is 16.0. The summed E-state index contributed by atoms with van der Waals surface area (Å²) in [7, 11) is 1.26. The molecule has 1 heterocycles. The van der Waals surface area contributed by atoms with Crippen molar-refractivity contribution in [1.29, 1.82) is 0 Å². The van der Waals surface area contributed by atoms with Gasteiger partial charge in [-0.15, -0.1) is 0 Å². The van der Waals surface area contributed by atoms with Crippen molar-refractivity contribution in [2.45, 2.75) is 12.8 Å². The smallest absolute Gasteiger partial charge is 0.339 e. The molecule has 1 N–H and O–H groups in total. The van der Waals surface area contributed by atoms with E-state index in [1.54, 1.807) is 18.2 Å². The van der Waals surface area contributed by atoms with Crippen LogP contribution in [0.4, 0.5) is 5.69 Å². The Kier molecular flexibility index (Phi) is 7.86. The Morgan fingerprint density at radius 3 is 2.62 bits per heavy atom. The molecule has 0 bridgehead atoms. The van der Waals surface area contributed by atoms with Gasteiger partial charge in [0.15, 0.2) is 6.61 Å². The first-order valence-corrected chi connectivity index (χ1v) is 9.45. The maximum Gasteiger partial charge on any atom is 0.339 e. The molecule has 0 aromatic heterocycles. The van der Waals surface area contributed by atoms with Crippen molar-refractivity contribution >= 4 is 51.8 Å². The Morgan fingerprint density at radius 2 is 1.92 bits per heavy atom. The summed E-state index contributed by atoms with van der Waals surface area (Å²) < 4.78 is 10.3. The molecule has 0 atom stereocenters. The molecule has 1 amide bonds. The number of anilines is 1. The largest absolute Gasteiger partial charge is 0.465 e. The molecule has 0 unspecified atom stereocenters. The lowest BCUT2D eigenvalue weighted by Gasteiger charge is -2.17. The van der Waals surface area contributed by atoms with Crippen LogP contribution in [0.5, 0.6) is 0 Å². The number of nitrogens with zero attached hydrogens (tertiary/aromatic N) is 1. The van der Waals surface area contributed by atoms with Crippen LogP contribution in [0.15, 0.2) is 24.3 Å². The number of amides is 1. The summed E-state index contributed by atoms with van der Waals surface area (Å²) in [6, 6.07) is 6.42. The molecule has 26 heavy (non-hydrogen) atoms. The minimum absolute atomic E-state index is 0.0569. The van der Waals surface area contributed by atoms with Crippen LogP contribution in [0, 0.1) is 0 Å². The molecule has 1 aliphatic rings. The maximum absolute atomic E-state index is 11.9. The van der Waals surface area contributed by atoms with E-state index in [9.17, 15) is 14.4 Å². The number of ether oxygens (including phenoxy) is 2. The number of thioether (sulfide) groups is 1. The fraction of sp³-hybridized carbons (Fsp3) is 0.412. The molecule has 0 spiro atoms. The third-order valence-corrected chi connectivity index (χ3v) is 5.15. The Bertz CT molecular complexity index is 689. The summed E-state index contributed by atoms with van der Waals surface area (Å²) >= 11 is 6.50. The molecule has 2 rings (SSSR count). The van der Waals surface area contributed by atoms with Gasteiger partial charge in [0.05, 0.1) is 24.1 Å². The third kappa shape index (κ3) is 5.99. The highest BCUT2D eigenvalue weighted by atomic mass is 32.2. The minimum Gasteiger partial charge on any atom is -0.465 e. The number of esters is 2. The number of rotatable bonds is 6. The number of para-hydroxylation sites is 1. The van der Waals surface area contributed by atoms with Gasteiger partial charge in [-0.25, -0.2) is 4.79 Å². The molecule has 0 aliphatic carbocycles. The lowest BCUT2D eigenvalue weighted by atomic mass is 10.2. The van der Waals surface area contributed by atoms with Crippen molar-refractivity contribution in [3.63, 3.8) is 0 Å². The number of carbonyl (C=O) groups is 3. The van der Waals surface area contributed by atoms with Crippen molar-refractivity contribution in [3.8, 4) is 0 Å². The van der Waals surface area contributed by atoms with Crippen molar-refractivity contribution in [2.75, 3.05) is 37.9 Å². The fourth-order valence-corrected chi connectivity index (χ4v) is 3.41. The molecule has 0 saturated carbocycles. The number of benzene rings is 1. The van der Waals surface area contributed by atoms with Crippen molar-refractivity contribution < 1.29 is 23.9 Å². The van der Waals surface area contributed by atoms with Crippen LogP contribution in [-0.2, 0) is 19.1 Å². The average Bonchev–Trinajstić information content (AvgIpc) is 3.19. The van der Waals surface area contributed by atoms with Gasteiger partial charge in [0.2, 0.25) is 0 Å². The van der Waals surface area contributed by atoms with Gasteiger partial charge in [-0.1, -0.05) is 36.1 Å². The highest BCUT2D eigenvalue weighted by Gasteiger charge is 2.18. The molecule has 9 heteroatoms. The Labute approximate surface area is 161 Å². The Morgan fingerprint density at radius 1 is 1.23 bits per heavy atom. The number of methoxy groups -OCH3 is 1. The van der Waals surface area contributed by atoms with E-state index in [1.165, 1.54) is 24.9 Å².